The second kappa shape index (κ2) is 5.45. The van der Waals surface area contributed by atoms with E-state index in [9.17, 15) is 5.11 Å². The first-order valence-corrected chi connectivity index (χ1v) is 5.53. The Bertz CT molecular complexity index is 439. The molecule has 1 aromatic heterocycles. The first-order valence-electron chi connectivity index (χ1n) is 5.53. The van der Waals surface area contributed by atoms with E-state index in [0.29, 0.717) is 12.3 Å². The first kappa shape index (κ1) is 11.6. The van der Waals surface area contributed by atoms with Gasteiger partial charge in [0, 0.05) is 19.0 Å². The van der Waals surface area contributed by atoms with E-state index in [4.69, 9.17) is 4.52 Å². The molecule has 0 fully saturated rings. The highest BCUT2D eigenvalue weighted by Crippen LogP contribution is 2.16. The van der Waals surface area contributed by atoms with Gasteiger partial charge >= 0.3 is 0 Å². The third kappa shape index (κ3) is 3.29. The van der Waals surface area contributed by atoms with Gasteiger partial charge in [0.1, 0.15) is 5.75 Å². The van der Waals surface area contributed by atoms with E-state index in [2.05, 4.69) is 22.4 Å². The molecule has 1 atom stereocenters. The van der Waals surface area contributed by atoms with Crippen molar-refractivity contribution in [1.29, 1.82) is 0 Å². The summed E-state index contributed by atoms with van der Waals surface area (Å²) >= 11 is 0. The smallest absolute Gasteiger partial charge is 0.227 e. The number of phenols is 1. The van der Waals surface area contributed by atoms with Crippen LogP contribution in [0, 0.1) is 0 Å². The fourth-order valence-corrected chi connectivity index (χ4v) is 1.58. The molecule has 17 heavy (non-hydrogen) atoms. The largest absolute Gasteiger partial charge is 0.508 e. The Kier molecular flexibility index (Phi) is 3.72. The molecule has 0 spiro atoms. The van der Waals surface area contributed by atoms with E-state index in [1.54, 1.807) is 12.1 Å². The topological polar surface area (TPSA) is 71.2 Å². The average Bonchev–Trinajstić information content (AvgIpc) is 2.83. The molecule has 90 valence electrons. The molecule has 0 saturated heterocycles. The molecule has 0 aliphatic heterocycles. The third-order valence-corrected chi connectivity index (χ3v) is 2.59. The van der Waals surface area contributed by atoms with E-state index < -0.39 is 0 Å². The van der Waals surface area contributed by atoms with Gasteiger partial charge in [0.25, 0.3) is 0 Å². The van der Waals surface area contributed by atoms with Gasteiger partial charge in [-0.25, -0.2) is 0 Å². The zero-order valence-electron chi connectivity index (χ0n) is 9.63. The van der Waals surface area contributed by atoms with Crippen LogP contribution < -0.4 is 5.32 Å². The number of nitrogens with zero attached hydrogens (tertiary/aromatic N) is 2. The lowest BCUT2D eigenvalue weighted by atomic mass is 10.1. The van der Waals surface area contributed by atoms with Crippen LogP contribution in [0.1, 0.15) is 24.4 Å². The normalized spacial score (nSPS) is 12.5. The van der Waals surface area contributed by atoms with Crippen LogP contribution >= 0.6 is 0 Å². The van der Waals surface area contributed by atoms with Crippen molar-refractivity contribution in [3.63, 3.8) is 0 Å². The summed E-state index contributed by atoms with van der Waals surface area (Å²) in [7, 11) is 0. The summed E-state index contributed by atoms with van der Waals surface area (Å²) in [6, 6.07) is 7.40. The summed E-state index contributed by atoms with van der Waals surface area (Å²) in [5, 5.41) is 16.1. The van der Waals surface area contributed by atoms with Crippen LogP contribution in [0.15, 0.2) is 35.1 Å². The zero-order valence-corrected chi connectivity index (χ0v) is 9.63. The second-order valence-corrected chi connectivity index (χ2v) is 3.85. The van der Waals surface area contributed by atoms with Crippen LogP contribution in [0.2, 0.25) is 0 Å². The molecule has 2 rings (SSSR count). The van der Waals surface area contributed by atoms with E-state index in [-0.39, 0.29) is 11.8 Å². The Hall–Kier alpha value is -1.88. The van der Waals surface area contributed by atoms with Crippen LogP contribution in [-0.4, -0.2) is 21.8 Å². The molecule has 1 aromatic carbocycles. The maximum atomic E-state index is 9.19. The van der Waals surface area contributed by atoms with Crippen molar-refractivity contribution >= 4 is 0 Å². The van der Waals surface area contributed by atoms with Crippen LogP contribution in [0.5, 0.6) is 5.75 Å². The number of rotatable bonds is 5. The zero-order chi connectivity index (χ0) is 12.1. The first-order chi connectivity index (χ1) is 8.25. The minimum Gasteiger partial charge on any atom is -0.508 e. The second-order valence-electron chi connectivity index (χ2n) is 3.85. The Morgan fingerprint density at radius 1 is 1.35 bits per heavy atom. The Morgan fingerprint density at radius 2 is 2.12 bits per heavy atom. The number of phenolic OH excluding ortho intramolecular Hbond substituents is 1. The molecular weight excluding hydrogens is 218 g/mol. The summed E-state index contributed by atoms with van der Waals surface area (Å²) in [6.45, 7) is 2.84. The van der Waals surface area contributed by atoms with Gasteiger partial charge in [-0.15, -0.1) is 0 Å². The standard InChI is InChI=1S/C12H15N3O2/c1-9(10-2-4-11(16)5-3-10)13-7-6-12-14-8-15-17-12/h2-5,8-9,13,16H,6-7H2,1H3. The van der Waals surface area contributed by atoms with Gasteiger partial charge in [0.15, 0.2) is 6.33 Å². The number of benzene rings is 1. The fraction of sp³-hybridized carbons (Fsp3) is 0.333. The van der Waals surface area contributed by atoms with Crippen molar-refractivity contribution in [1.82, 2.24) is 15.5 Å². The summed E-state index contributed by atoms with van der Waals surface area (Å²) < 4.78 is 4.90. The van der Waals surface area contributed by atoms with Crippen molar-refractivity contribution in [2.24, 2.45) is 0 Å². The van der Waals surface area contributed by atoms with Crippen molar-refractivity contribution in [3.8, 4) is 5.75 Å². The molecule has 5 nitrogen and oxygen atoms in total. The van der Waals surface area contributed by atoms with E-state index >= 15 is 0 Å². The van der Waals surface area contributed by atoms with E-state index in [1.807, 2.05) is 12.1 Å². The Labute approximate surface area is 99.5 Å². The van der Waals surface area contributed by atoms with Crippen molar-refractivity contribution in [2.45, 2.75) is 19.4 Å². The van der Waals surface area contributed by atoms with Crippen molar-refractivity contribution in [2.75, 3.05) is 6.54 Å². The van der Waals surface area contributed by atoms with Gasteiger partial charge < -0.3 is 14.9 Å². The lowest BCUT2D eigenvalue weighted by Gasteiger charge is -2.13. The number of nitrogens with one attached hydrogen (secondary N) is 1. The van der Waals surface area contributed by atoms with Gasteiger partial charge in [-0.1, -0.05) is 17.3 Å². The SMILES string of the molecule is CC(NCCc1ncno1)c1ccc(O)cc1. The highest BCUT2D eigenvalue weighted by molar-refractivity contribution is 5.27. The minimum absolute atomic E-state index is 0.221. The number of hydrogen-bond acceptors (Lipinski definition) is 5. The molecule has 1 unspecified atom stereocenters. The van der Waals surface area contributed by atoms with Gasteiger partial charge in [-0.05, 0) is 24.6 Å². The predicted molar refractivity (Wildman–Crippen MR) is 62.5 cm³/mol. The molecule has 0 aliphatic rings. The van der Waals surface area contributed by atoms with Gasteiger partial charge in [-0.2, -0.15) is 4.98 Å². The molecule has 2 N–H and O–H groups in total. The monoisotopic (exact) mass is 233 g/mol. The van der Waals surface area contributed by atoms with E-state index in [0.717, 1.165) is 12.1 Å². The molecule has 0 radical (unpaired) electrons. The number of hydrogen-bond donors (Lipinski definition) is 2. The minimum atomic E-state index is 0.221. The summed E-state index contributed by atoms with van der Waals surface area (Å²) in [4.78, 5) is 3.95. The van der Waals surface area contributed by atoms with Crippen LogP contribution in [0.4, 0.5) is 0 Å². The Balaban J connectivity index is 1.81. The molecule has 0 amide bonds. The number of aromatic nitrogens is 2. The molecule has 1 heterocycles. The Morgan fingerprint density at radius 3 is 2.76 bits per heavy atom. The maximum absolute atomic E-state index is 9.19. The predicted octanol–water partition coefficient (Wildman–Crippen LogP) is 1.67. The molecule has 0 bridgehead atoms. The highest BCUT2D eigenvalue weighted by atomic mass is 16.5. The van der Waals surface area contributed by atoms with Crippen LogP contribution in [-0.2, 0) is 6.42 Å². The summed E-state index contributed by atoms with van der Waals surface area (Å²) in [6.07, 6.45) is 2.11. The maximum Gasteiger partial charge on any atom is 0.227 e. The van der Waals surface area contributed by atoms with E-state index in [1.165, 1.54) is 6.33 Å². The quantitative estimate of drug-likeness (QED) is 0.822. The molecule has 0 saturated carbocycles. The molecule has 5 heteroatoms. The average molecular weight is 233 g/mol. The molecule has 0 aliphatic carbocycles. The van der Waals surface area contributed by atoms with Crippen LogP contribution in [0.3, 0.4) is 0 Å². The van der Waals surface area contributed by atoms with Gasteiger partial charge in [0.05, 0.1) is 0 Å². The van der Waals surface area contributed by atoms with Crippen molar-refractivity contribution in [3.05, 3.63) is 42.0 Å². The van der Waals surface area contributed by atoms with Crippen LogP contribution in [0.25, 0.3) is 0 Å². The lowest BCUT2D eigenvalue weighted by Crippen LogP contribution is -2.21. The highest BCUT2D eigenvalue weighted by Gasteiger charge is 2.05. The van der Waals surface area contributed by atoms with Gasteiger partial charge in [-0.3, -0.25) is 0 Å². The molecular formula is C12H15N3O2. The van der Waals surface area contributed by atoms with Crippen molar-refractivity contribution < 1.29 is 9.63 Å². The number of aromatic hydroxyl groups is 1. The lowest BCUT2D eigenvalue weighted by molar-refractivity contribution is 0.372. The summed E-state index contributed by atoms with van der Waals surface area (Å²) in [5.74, 6) is 0.919. The molecule has 2 aromatic rings. The summed E-state index contributed by atoms with van der Waals surface area (Å²) in [5.41, 5.74) is 1.13. The third-order valence-electron chi connectivity index (χ3n) is 2.59. The van der Waals surface area contributed by atoms with Gasteiger partial charge in [0.2, 0.25) is 5.89 Å². The fourth-order valence-electron chi connectivity index (χ4n) is 1.58.